The van der Waals surface area contributed by atoms with Gasteiger partial charge in [0.05, 0.1) is 25.3 Å². The van der Waals surface area contributed by atoms with E-state index in [9.17, 15) is 38.4 Å². The number of Topliss-reactive ketones (excluding diaryl/α,β-unsaturated/α-hetero) is 2. The molecule has 1 aliphatic heterocycles. The molecule has 0 aliphatic carbocycles. The molecule has 0 bridgehead atoms. The van der Waals surface area contributed by atoms with E-state index in [-0.39, 0.29) is 63.7 Å². The fraction of sp³-hybridized carbons (Fsp3) is 0.355. The van der Waals surface area contributed by atoms with Crippen LogP contribution in [0, 0.1) is 0 Å². The molecule has 5 N–H and O–H groups in total. The molecule has 0 saturated carbocycles. The maximum absolute atomic E-state index is 13.0. The van der Waals surface area contributed by atoms with Gasteiger partial charge in [-0.05, 0) is 29.7 Å². The molecule has 16 heteroatoms. The lowest BCUT2D eigenvalue weighted by molar-refractivity contribution is -0.139. The van der Waals surface area contributed by atoms with Gasteiger partial charge in [-0.1, -0.05) is 42.5 Å². The monoisotopic (exact) mass is 668 g/mol. The number of hydrogen-bond acceptors (Lipinski definition) is 11. The van der Waals surface area contributed by atoms with Crippen molar-refractivity contribution in [3.63, 3.8) is 0 Å². The first-order valence-electron chi connectivity index (χ1n) is 14.7. The summed E-state index contributed by atoms with van der Waals surface area (Å²) < 4.78 is 4.68. The van der Waals surface area contributed by atoms with E-state index in [1.807, 2.05) is 0 Å². The van der Waals surface area contributed by atoms with Gasteiger partial charge in [0.1, 0.15) is 12.6 Å². The highest BCUT2D eigenvalue weighted by atomic mass is 31.0. The zero-order valence-electron chi connectivity index (χ0n) is 25.5. The SMILES string of the molecule is O=COCc1ccc(NC(=O)CNC(=O)[C@H](Cc2ccccc2)NC(=O)CNNCC(=O)C(=O)CCCN2C(=O)CC(P)C2=O)cc1. The lowest BCUT2D eigenvalue weighted by atomic mass is 10.1. The van der Waals surface area contributed by atoms with Crippen molar-refractivity contribution in [1.29, 1.82) is 0 Å². The van der Waals surface area contributed by atoms with Gasteiger partial charge in [-0.25, -0.2) is 10.9 Å². The molecular formula is C31H37N6O9P. The summed E-state index contributed by atoms with van der Waals surface area (Å²) in [4.78, 5) is 97.5. The van der Waals surface area contributed by atoms with Gasteiger partial charge in [0.2, 0.25) is 35.3 Å². The molecule has 1 saturated heterocycles. The second kappa shape index (κ2) is 19.0. The Labute approximate surface area is 273 Å². The molecule has 5 amide bonds. The molecule has 3 atom stereocenters. The van der Waals surface area contributed by atoms with Crippen LogP contribution in [0.15, 0.2) is 54.6 Å². The standard InChI is InChI=1S/C31H37N6O9P/c38-19-46-18-21-8-10-22(11-9-21)35-27(41)16-32-30(44)23(13-20-5-2-1-3-6-20)36-28(42)17-34-33-15-25(40)24(39)7-4-12-37-29(43)14-26(47)31(37)45/h1-3,5-6,8-11,19,23,26,33-34H,4,7,12-18,47H2,(H,32,44)(H,35,41)(H,36,42)/t23-,26?/m0/s1. The highest BCUT2D eigenvalue weighted by Gasteiger charge is 2.35. The maximum atomic E-state index is 13.0. The van der Waals surface area contributed by atoms with Gasteiger partial charge >= 0.3 is 0 Å². The number of amides is 5. The summed E-state index contributed by atoms with van der Waals surface area (Å²) in [6.07, 6.45) is 0.260. The molecule has 2 aromatic carbocycles. The second-order valence-corrected chi connectivity index (χ2v) is 11.3. The lowest BCUT2D eigenvalue weighted by Crippen LogP contribution is -2.52. The summed E-state index contributed by atoms with van der Waals surface area (Å²) in [6.45, 7) is -0.620. The summed E-state index contributed by atoms with van der Waals surface area (Å²) >= 11 is 0. The number of benzene rings is 2. The molecule has 0 spiro atoms. The van der Waals surface area contributed by atoms with Crippen LogP contribution < -0.4 is 26.8 Å². The van der Waals surface area contributed by atoms with Crippen LogP contribution in [0.1, 0.15) is 30.4 Å². The number of ether oxygens (including phenoxy) is 1. The molecule has 2 unspecified atom stereocenters. The number of hydrogen-bond donors (Lipinski definition) is 5. The summed E-state index contributed by atoms with van der Waals surface area (Å²) in [5.41, 5.74) is 6.53. The predicted octanol–water partition coefficient (Wildman–Crippen LogP) is -0.843. The molecule has 1 fully saturated rings. The minimum atomic E-state index is -1.03. The van der Waals surface area contributed by atoms with Crippen molar-refractivity contribution >= 4 is 62.5 Å². The van der Waals surface area contributed by atoms with E-state index < -0.39 is 47.5 Å². The highest BCUT2D eigenvalue weighted by molar-refractivity contribution is 7.19. The summed E-state index contributed by atoms with van der Waals surface area (Å²) in [5.74, 6) is -3.76. The van der Waals surface area contributed by atoms with Crippen molar-refractivity contribution < 1.29 is 43.1 Å². The number of carbonyl (C=O) groups is 8. The number of anilines is 1. The molecule has 0 aromatic heterocycles. The molecule has 47 heavy (non-hydrogen) atoms. The first-order valence-corrected chi connectivity index (χ1v) is 15.4. The number of likely N-dealkylation sites (tertiary alicyclic amines) is 1. The molecule has 3 rings (SSSR count). The van der Waals surface area contributed by atoms with E-state index in [1.54, 1.807) is 54.6 Å². The van der Waals surface area contributed by atoms with E-state index in [1.165, 1.54) is 0 Å². The Morgan fingerprint density at radius 3 is 2.26 bits per heavy atom. The topological polar surface area (TPSA) is 209 Å². The molecular weight excluding hydrogens is 631 g/mol. The Kier molecular flexibility index (Phi) is 14.8. The first-order chi connectivity index (χ1) is 22.6. The average molecular weight is 669 g/mol. The van der Waals surface area contributed by atoms with Crippen molar-refractivity contribution in [2.45, 2.75) is 44.0 Å². The molecule has 1 heterocycles. The fourth-order valence-corrected chi connectivity index (χ4v) is 4.86. The third kappa shape index (κ3) is 12.5. The molecule has 250 valence electrons. The van der Waals surface area contributed by atoms with Crippen molar-refractivity contribution in [2.75, 3.05) is 31.5 Å². The van der Waals surface area contributed by atoms with Gasteiger partial charge < -0.3 is 20.7 Å². The first kappa shape index (κ1) is 36.6. The van der Waals surface area contributed by atoms with Gasteiger partial charge in [-0.2, -0.15) is 0 Å². The zero-order chi connectivity index (χ0) is 34.2. The van der Waals surface area contributed by atoms with E-state index in [2.05, 4.69) is 40.8 Å². The predicted molar refractivity (Wildman–Crippen MR) is 171 cm³/mol. The number of carbonyl (C=O) groups excluding carboxylic acids is 8. The van der Waals surface area contributed by atoms with E-state index >= 15 is 0 Å². The van der Waals surface area contributed by atoms with Crippen LogP contribution in [0.5, 0.6) is 0 Å². The van der Waals surface area contributed by atoms with Crippen LogP contribution in [0.2, 0.25) is 0 Å². The second-order valence-electron chi connectivity index (χ2n) is 10.5. The van der Waals surface area contributed by atoms with Crippen LogP contribution in [0.25, 0.3) is 0 Å². The number of nitrogens with zero attached hydrogens (tertiary/aromatic N) is 1. The van der Waals surface area contributed by atoms with Crippen LogP contribution in [0.4, 0.5) is 5.69 Å². The number of imide groups is 1. The number of rotatable bonds is 20. The fourth-order valence-electron chi connectivity index (χ4n) is 4.48. The third-order valence-corrected chi connectivity index (χ3v) is 7.43. The van der Waals surface area contributed by atoms with Crippen molar-refractivity contribution in [1.82, 2.24) is 26.4 Å². The lowest BCUT2D eigenvalue weighted by Gasteiger charge is -2.19. The smallest absolute Gasteiger partial charge is 0.293 e. The summed E-state index contributed by atoms with van der Waals surface area (Å²) in [7, 11) is 2.31. The minimum absolute atomic E-state index is 0.0596. The summed E-state index contributed by atoms with van der Waals surface area (Å²) in [6, 6.07) is 14.5. The Hall–Kier alpha value is -4.85. The average Bonchev–Trinajstić information content (AvgIpc) is 3.30. The van der Waals surface area contributed by atoms with E-state index in [0.29, 0.717) is 12.2 Å². The van der Waals surface area contributed by atoms with E-state index in [4.69, 9.17) is 0 Å². The largest absolute Gasteiger partial charge is 0.463 e. The van der Waals surface area contributed by atoms with Gasteiger partial charge in [-0.3, -0.25) is 43.3 Å². The molecule has 15 nitrogen and oxygen atoms in total. The van der Waals surface area contributed by atoms with Crippen molar-refractivity contribution in [3.05, 3.63) is 65.7 Å². The van der Waals surface area contributed by atoms with Crippen LogP contribution >= 0.6 is 9.24 Å². The highest BCUT2D eigenvalue weighted by Crippen LogP contribution is 2.20. The van der Waals surface area contributed by atoms with Gasteiger partial charge in [0.15, 0.2) is 5.78 Å². The van der Waals surface area contributed by atoms with Gasteiger partial charge in [0, 0.05) is 31.5 Å². The Balaban J connectivity index is 1.41. The Morgan fingerprint density at radius 2 is 1.60 bits per heavy atom. The third-order valence-electron chi connectivity index (χ3n) is 6.91. The number of hydrazine groups is 1. The zero-order valence-corrected chi connectivity index (χ0v) is 26.6. The minimum Gasteiger partial charge on any atom is -0.463 e. The molecule has 0 radical (unpaired) electrons. The maximum Gasteiger partial charge on any atom is 0.293 e. The summed E-state index contributed by atoms with van der Waals surface area (Å²) in [5, 5.41) is 7.76. The van der Waals surface area contributed by atoms with Crippen molar-refractivity contribution in [3.8, 4) is 0 Å². The Bertz CT molecular complexity index is 1460. The van der Waals surface area contributed by atoms with Crippen LogP contribution in [0.3, 0.4) is 0 Å². The van der Waals surface area contributed by atoms with Gasteiger partial charge in [0.25, 0.3) is 6.47 Å². The molecule has 2 aromatic rings. The van der Waals surface area contributed by atoms with Crippen LogP contribution in [-0.4, -0.2) is 90.4 Å². The molecule has 1 aliphatic rings. The quantitative estimate of drug-likeness (QED) is 0.0293. The van der Waals surface area contributed by atoms with Gasteiger partial charge in [-0.15, -0.1) is 9.24 Å². The van der Waals surface area contributed by atoms with Crippen LogP contribution in [-0.2, 0) is 56.1 Å². The number of ketones is 2. The Morgan fingerprint density at radius 1 is 0.894 bits per heavy atom. The van der Waals surface area contributed by atoms with E-state index in [0.717, 1.165) is 16.0 Å². The van der Waals surface area contributed by atoms with Crippen molar-refractivity contribution in [2.24, 2.45) is 0 Å². The number of nitrogens with one attached hydrogen (secondary N) is 5. The normalized spacial score (nSPS) is 14.7.